The number of anilines is 2. The second-order valence-electron chi connectivity index (χ2n) is 27.6. The van der Waals surface area contributed by atoms with Crippen LogP contribution in [0.3, 0.4) is 0 Å². The van der Waals surface area contributed by atoms with Gasteiger partial charge in [0.2, 0.25) is 65.0 Å². The Morgan fingerprint density at radius 3 is 1.72 bits per heavy atom. The highest BCUT2D eigenvalue weighted by Gasteiger charge is 2.40. The molecule has 12 atom stereocenters. The predicted molar refractivity (Wildman–Crippen MR) is 398 cm³/mol. The number of amides is 12. The monoisotopic (exact) mass is 1570 g/mol. The number of fused-ring (bicyclic) bond motifs is 1. The first-order valence-electron chi connectivity index (χ1n) is 35.7. The molecule has 0 spiro atoms. The number of rotatable bonds is 26. The number of nitrogens with one attached hydrogen (secondary N) is 11. The van der Waals surface area contributed by atoms with E-state index in [0.29, 0.717) is 36.3 Å². The van der Waals surface area contributed by atoms with E-state index in [1.165, 1.54) is 70.0 Å². The van der Waals surface area contributed by atoms with E-state index in [9.17, 15) is 86.6 Å². The van der Waals surface area contributed by atoms with Gasteiger partial charge < -0.3 is 92.9 Å². The second kappa shape index (κ2) is 45.4. The highest BCUT2D eigenvalue weighted by molar-refractivity contribution is 7.09. The molecule has 0 aliphatic carbocycles. The van der Waals surface area contributed by atoms with Crippen LogP contribution in [-0.2, 0) is 97.3 Å². The zero-order valence-corrected chi connectivity index (χ0v) is 65.4. The summed E-state index contributed by atoms with van der Waals surface area (Å²) in [5.41, 5.74) is -0.904. The normalized spacial score (nSPS) is 20.8. The third-order valence-corrected chi connectivity index (χ3v) is 18.9. The lowest BCUT2D eigenvalue weighted by molar-refractivity contribution is -0.149. The number of nitrogens with zero attached hydrogens (tertiary/aromatic N) is 3. The fourth-order valence-electron chi connectivity index (χ4n) is 10.6. The van der Waals surface area contributed by atoms with Gasteiger partial charge in [-0.1, -0.05) is 47.1 Å². The van der Waals surface area contributed by atoms with E-state index in [1.54, 1.807) is 39.9 Å². The first-order chi connectivity index (χ1) is 51.5. The van der Waals surface area contributed by atoms with Gasteiger partial charge in [-0.05, 0) is 104 Å². The number of ether oxygens (including phenoxy) is 3. The van der Waals surface area contributed by atoms with Gasteiger partial charge >= 0.3 is 23.9 Å². The fourth-order valence-corrected chi connectivity index (χ4v) is 11.5. The Labute approximate surface area is 641 Å². The number of carbonyl (C=O) groups excluding carboxylic acids is 14. The van der Waals surface area contributed by atoms with Gasteiger partial charge in [0.15, 0.2) is 11.9 Å². The molecule has 1 aromatic heterocycles. The Hall–Kier alpha value is -10.6. The third-order valence-electron chi connectivity index (χ3n) is 17.9. The highest BCUT2D eigenvalue weighted by atomic mass is 32.1. The van der Waals surface area contributed by atoms with Crippen molar-refractivity contribution in [2.24, 2.45) is 23.7 Å². The van der Waals surface area contributed by atoms with E-state index >= 15 is 0 Å². The smallest absolute Gasteiger partial charge is 0.328 e. The predicted octanol–water partition coefficient (Wildman–Crippen LogP) is 0.240. The topological polar surface area (TPSA) is 530 Å². The van der Waals surface area contributed by atoms with Gasteiger partial charge in [-0.2, -0.15) is 0 Å². The van der Waals surface area contributed by atoms with E-state index in [2.05, 4.69) is 63.5 Å². The summed E-state index contributed by atoms with van der Waals surface area (Å²) in [6, 6.07) is -5.39. The summed E-state index contributed by atoms with van der Waals surface area (Å²) in [5, 5.41) is 58.0. The molecular formula is C72H106N14O23S. The Morgan fingerprint density at radius 1 is 0.682 bits per heavy atom. The number of aromatic nitrogens is 1. The van der Waals surface area contributed by atoms with E-state index in [0.717, 1.165) is 11.3 Å². The minimum atomic E-state index is -1.92. The number of aliphatic carboxylic acids is 3. The van der Waals surface area contributed by atoms with Crippen LogP contribution in [0.15, 0.2) is 47.9 Å². The third kappa shape index (κ3) is 31.5. The lowest BCUT2D eigenvalue weighted by Gasteiger charge is -2.38. The molecule has 2 aromatic rings. The standard InChI is InChI=1S/C72H106N14O23S/c1-16-38(4)59(84-71(106)72(11,12)85(13)14)69(103)86(15)52(37(2)3)35-53(109-44(10)87)68-82-51(36-110-68)66(101)79-46(31-39(5)70(104)105)32-45-17-19-49-50(33-45)81-64(99)43(9)78-62(97)41(7)76-56(91)24-28-108-30-26-74-67(102)60(83-54(89)20-22-58(94)95)48(34-47(88)18-21-57(92)93)65(100)73-25-29-107-27-23-55(90)75-40(6)61(96)77-42(8)63(98)80-49/h17-22,33,36-43,46,48,52-53,59-60H,16,23-32,34-35H2,1-15H3,(H,73,100)(H,74,102)(H,75,90)(H,76,91)(H,77,96)(H,78,97)(H,79,101)(H,80,98)(H,81,99)(H,83,89)(H,84,106)(H,92,93)(H,94,95)(H,104,105)/b21-18-,22-20-/t38-,39?,40-,41-,42-,43-,46+,48?,52+,53+,59-,60?/m0/s1. The molecule has 12 amide bonds. The second-order valence-corrected chi connectivity index (χ2v) is 28.5. The molecule has 0 saturated carbocycles. The Morgan fingerprint density at radius 2 is 1.21 bits per heavy atom. The summed E-state index contributed by atoms with van der Waals surface area (Å²) in [6.07, 6.45) is -0.323. The molecule has 608 valence electrons. The SMILES string of the molecule is CC[C@H](C)[C@H](NC(=O)C(C)(C)N(C)C)C(=O)N(C)[C@H](C[C@@H](OC(C)=O)c1nc(C(=O)N[C@@H](Cc2ccc3c(c2)NC(=O)[C@H](C)NC(=O)[C@H](C)NC(=O)CCOCCNC(=O)C(NC(=O)/C=C\C(=O)O)C(CC(=O)/C=C\C(=O)O)C(=O)NCCOCCC(=O)N[C@@H](C)C(=O)N[C@@H](C)C(=O)N3)CC(C)C(=O)O)cs1)C(C)C. The van der Waals surface area contributed by atoms with Gasteiger partial charge in [-0.15, -0.1) is 11.3 Å². The molecule has 37 nitrogen and oxygen atoms in total. The summed E-state index contributed by atoms with van der Waals surface area (Å²) < 4.78 is 16.8. The lowest BCUT2D eigenvalue weighted by atomic mass is 9.91. The molecule has 0 fully saturated rings. The van der Waals surface area contributed by atoms with Crippen LogP contribution in [0, 0.1) is 23.7 Å². The zero-order chi connectivity index (χ0) is 83.0. The molecule has 1 aliphatic heterocycles. The molecule has 3 unspecified atom stereocenters. The number of hydrogen-bond acceptors (Lipinski definition) is 23. The quantitative estimate of drug-likeness (QED) is 0.0443. The highest BCUT2D eigenvalue weighted by Crippen LogP contribution is 2.32. The van der Waals surface area contributed by atoms with Crippen molar-refractivity contribution in [2.75, 3.05) is 71.3 Å². The molecule has 1 aliphatic rings. The molecule has 1 aromatic carbocycles. The molecule has 14 N–H and O–H groups in total. The summed E-state index contributed by atoms with van der Waals surface area (Å²) in [4.78, 5) is 232. The first kappa shape index (κ1) is 93.6. The van der Waals surface area contributed by atoms with Crippen LogP contribution in [0.5, 0.6) is 0 Å². The number of carboxylic acids is 3. The number of benzene rings is 1. The van der Waals surface area contributed by atoms with Crippen molar-refractivity contribution in [2.45, 2.75) is 188 Å². The van der Waals surface area contributed by atoms with Crippen LogP contribution in [0.4, 0.5) is 11.4 Å². The molecule has 0 saturated heterocycles. The van der Waals surface area contributed by atoms with E-state index in [-0.39, 0.29) is 117 Å². The van der Waals surface area contributed by atoms with Gasteiger partial charge in [0.25, 0.3) is 5.91 Å². The summed E-state index contributed by atoms with van der Waals surface area (Å²) in [7, 11) is 5.12. The summed E-state index contributed by atoms with van der Waals surface area (Å²) >= 11 is 1.000. The molecule has 38 heteroatoms. The van der Waals surface area contributed by atoms with Crippen molar-refractivity contribution in [3.05, 3.63) is 64.1 Å². The van der Waals surface area contributed by atoms with E-state index in [4.69, 9.17) is 24.4 Å². The maximum atomic E-state index is 14.5. The van der Waals surface area contributed by atoms with E-state index in [1.807, 2.05) is 27.7 Å². The van der Waals surface area contributed by atoms with Crippen molar-refractivity contribution < 1.29 is 111 Å². The van der Waals surface area contributed by atoms with Crippen molar-refractivity contribution in [1.29, 1.82) is 0 Å². The zero-order valence-electron chi connectivity index (χ0n) is 64.6. The molecule has 0 bridgehead atoms. The number of esters is 1. The number of likely N-dealkylation sites (N-methyl/N-ethyl adjacent to an activating group) is 2. The Bertz CT molecular complexity index is 3710. The maximum absolute atomic E-state index is 14.5. The molecular weight excluding hydrogens is 1460 g/mol. The first-order valence-corrected chi connectivity index (χ1v) is 36.6. The van der Waals surface area contributed by atoms with Crippen molar-refractivity contribution in [3.63, 3.8) is 0 Å². The van der Waals surface area contributed by atoms with Crippen LogP contribution in [0.2, 0.25) is 0 Å². The summed E-state index contributed by atoms with van der Waals surface area (Å²) in [6.45, 7) is 17.0. The number of thiazole rings is 1. The average molecular weight is 1570 g/mol. The number of ketones is 1. The minimum absolute atomic E-state index is 0.0293. The lowest BCUT2D eigenvalue weighted by Crippen LogP contribution is -2.60. The van der Waals surface area contributed by atoms with Crippen LogP contribution in [-0.4, -0.2) is 245 Å². The molecule has 2 heterocycles. The van der Waals surface area contributed by atoms with Gasteiger partial charge in [0.1, 0.15) is 47.0 Å². The van der Waals surface area contributed by atoms with Crippen molar-refractivity contribution >= 4 is 123 Å². The van der Waals surface area contributed by atoms with Gasteiger partial charge in [-0.25, -0.2) is 14.6 Å². The van der Waals surface area contributed by atoms with Gasteiger partial charge in [0.05, 0.1) is 55.2 Å². The summed E-state index contributed by atoms with van der Waals surface area (Å²) in [5.74, 6) is -18.9. The Balaban J connectivity index is 2.00. The van der Waals surface area contributed by atoms with Crippen LogP contribution < -0.4 is 58.5 Å². The largest absolute Gasteiger partial charge is 0.481 e. The maximum Gasteiger partial charge on any atom is 0.328 e. The minimum Gasteiger partial charge on any atom is -0.481 e. The van der Waals surface area contributed by atoms with Gasteiger partial charge in [-0.3, -0.25) is 76.8 Å². The van der Waals surface area contributed by atoms with Crippen LogP contribution in [0.25, 0.3) is 0 Å². The number of carbonyl (C=O) groups is 17. The van der Waals surface area contributed by atoms with Crippen molar-refractivity contribution in [1.82, 2.24) is 62.6 Å². The van der Waals surface area contributed by atoms with Crippen molar-refractivity contribution in [3.8, 4) is 0 Å². The van der Waals surface area contributed by atoms with Gasteiger partial charge in [0, 0.05) is 88.4 Å². The van der Waals surface area contributed by atoms with Crippen LogP contribution >= 0.6 is 11.3 Å². The molecule has 0 radical (unpaired) electrons. The fraction of sp³-hybridized carbons (Fsp3) is 0.583. The Kier molecular flexibility index (Phi) is 38.6. The number of hydrogen-bond donors (Lipinski definition) is 14. The number of carboxylic acid groups (broad SMARTS) is 3. The molecule has 3 rings (SSSR count). The number of allylic oxidation sites excluding steroid dienone is 1. The average Bonchev–Trinajstić information content (AvgIpc) is 1.62. The van der Waals surface area contributed by atoms with E-state index < -0.39 is 167 Å². The van der Waals surface area contributed by atoms with Crippen LogP contribution in [0.1, 0.15) is 149 Å². The molecule has 110 heavy (non-hydrogen) atoms.